The van der Waals surface area contributed by atoms with Crippen LogP contribution in [0.4, 0.5) is 0 Å². The monoisotopic (exact) mass is 486 g/mol. The Morgan fingerprint density at radius 1 is 1.15 bits per heavy atom. The smallest absolute Gasteiger partial charge is 0.191 e. The normalized spacial score (nSPS) is 20.3. The second-order valence-corrected chi connectivity index (χ2v) is 8.19. The third-order valence-corrected chi connectivity index (χ3v) is 6.07. The lowest BCUT2D eigenvalue weighted by atomic mass is 9.64. The van der Waals surface area contributed by atoms with Gasteiger partial charge in [-0.1, -0.05) is 36.8 Å². The molecule has 1 saturated heterocycles. The molecule has 1 aromatic rings. The van der Waals surface area contributed by atoms with Crippen LogP contribution in [0.25, 0.3) is 0 Å². The van der Waals surface area contributed by atoms with E-state index in [4.69, 9.17) is 4.74 Å². The van der Waals surface area contributed by atoms with E-state index in [1.54, 1.807) is 0 Å². The molecule has 3 rings (SSSR count). The summed E-state index contributed by atoms with van der Waals surface area (Å²) in [5.41, 5.74) is 1.79. The van der Waals surface area contributed by atoms with Crippen LogP contribution in [0, 0.1) is 0 Å². The van der Waals surface area contributed by atoms with Gasteiger partial charge in [0.15, 0.2) is 5.96 Å². The molecule has 152 valence electrons. The number of hydrogen-bond donors (Lipinski definition) is 2. The number of morpholine rings is 1. The first-order valence-electron chi connectivity index (χ1n) is 9.89. The summed E-state index contributed by atoms with van der Waals surface area (Å²) >= 11 is 0. The minimum atomic E-state index is 0. The van der Waals surface area contributed by atoms with Gasteiger partial charge in [-0.2, -0.15) is 0 Å². The molecule has 0 amide bonds. The number of aliphatic imine (C=N–C) groups is 1. The van der Waals surface area contributed by atoms with Crippen LogP contribution in [-0.4, -0.2) is 62.8 Å². The van der Waals surface area contributed by atoms with E-state index >= 15 is 0 Å². The number of nitrogens with one attached hydrogen (secondary N) is 2. The second kappa shape index (κ2) is 10.1. The lowest BCUT2D eigenvalue weighted by Gasteiger charge is -2.43. The maximum atomic E-state index is 5.48. The van der Waals surface area contributed by atoms with Crippen LogP contribution in [0.15, 0.2) is 35.3 Å². The van der Waals surface area contributed by atoms with Crippen LogP contribution >= 0.6 is 24.0 Å². The van der Waals surface area contributed by atoms with Crippen molar-refractivity contribution in [2.75, 3.05) is 46.4 Å². The molecule has 27 heavy (non-hydrogen) atoms. The zero-order valence-electron chi connectivity index (χ0n) is 17.0. The van der Waals surface area contributed by atoms with E-state index in [1.165, 1.54) is 24.8 Å². The fourth-order valence-electron chi connectivity index (χ4n) is 4.02. The fourth-order valence-corrected chi connectivity index (χ4v) is 4.02. The Kier molecular flexibility index (Phi) is 8.37. The van der Waals surface area contributed by atoms with Crippen molar-refractivity contribution in [3.05, 3.63) is 35.9 Å². The van der Waals surface area contributed by atoms with Crippen molar-refractivity contribution in [1.29, 1.82) is 0 Å². The Labute approximate surface area is 181 Å². The van der Waals surface area contributed by atoms with Gasteiger partial charge in [0.05, 0.1) is 13.2 Å². The minimum Gasteiger partial charge on any atom is -0.379 e. The van der Waals surface area contributed by atoms with Crippen LogP contribution in [-0.2, 0) is 10.2 Å². The Morgan fingerprint density at radius 2 is 1.81 bits per heavy atom. The van der Waals surface area contributed by atoms with E-state index in [9.17, 15) is 0 Å². The number of nitrogens with zero attached hydrogens (tertiary/aromatic N) is 2. The van der Waals surface area contributed by atoms with Crippen LogP contribution in [0.2, 0.25) is 0 Å². The highest BCUT2D eigenvalue weighted by atomic mass is 127. The first-order valence-corrected chi connectivity index (χ1v) is 9.89. The second-order valence-electron chi connectivity index (χ2n) is 8.19. The molecular formula is C21H35IN4O. The predicted octanol–water partition coefficient (Wildman–Crippen LogP) is 3.00. The average molecular weight is 486 g/mol. The summed E-state index contributed by atoms with van der Waals surface area (Å²) in [4.78, 5) is 6.94. The molecule has 1 aromatic carbocycles. The summed E-state index contributed by atoms with van der Waals surface area (Å²) < 4.78 is 5.48. The van der Waals surface area contributed by atoms with Crippen LogP contribution in [0.1, 0.15) is 38.7 Å². The molecule has 2 N–H and O–H groups in total. The molecule has 0 unspecified atom stereocenters. The number of rotatable bonds is 6. The third kappa shape index (κ3) is 5.57. The van der Waals surface area contributed by atoms with Gasteiger partial charge < -0.3 is 15.4 Å². The molecule has 6 heteroatoms. The minimum absolute atomic E-state index is 0. The largest absolute Gasteiger partial charge is 0.379 e. The quantitative estimate of drug-likeness (QED) is 0.369. The number of ether oxygens (including phenoxy) is 1. The molecule has 2 fully saturated rings. The van der Waals surface area contributed by atoms with E-state index < -0.39 is 0 Å². The van der Waals surface area contributed by atoms with Crippen molar-refractivity contribution in [2.24, 2.45) is 4.99 Å². The first kappa shape index (κ1) is 22.4. The van der Waals surface area contributed by atoms with Crippen molar-refractivity contribution in [2.45, 2.75) is 44.1 Å². The standard InChI is InChI=1S/C21H34N4O.HI/c1-20(2,25-12-14-26-15-13-25)16-23-19(22-3)24-17-21(10-7-11-21)18-8-5-4-6-9-18;/h4-6,8-9H,7,10-17H2,1-3H3,(H2,22,23,24);1H. The Bertz CT molecular complexity index is 595. The van der Waals surface area contributed by atoms with Gasteiger partial charge >= 0.3 is 0 Å². The maximum absolute atomic E-state index is 5.48. The van der Waals surface area contributed by atoms with E-state index in [-0.39, 0.29) is 34.9 Å². The van der Waals surface area contributed by atoms with E-state index in [0.29, 0.717) is 0 Å². The molecule has 0 atom stereocenters. The average Bonchev–Trinajstić information content (AvgIpc) is 2.65. The van der Waals surface area contributed by atoms with Crippen molar-refractivity contribution in [3.8, 4) is 0 Å². The topological polar surface area (TPSA) is 48.9 Å². The Hall–Kier alpha value is -0.860. The maximum Gasteiger partial charge on any atom is 0.191 e. The molecule has 2 aliphatic rings. The van der Waals surface area contributed by atoms with Gasteiger partial charge in [-0.05, 0) is 32.3 Å². The molecule has 0 bridgehead atoms. The summed E-state index contributed by atoms with van der Waals surface area (Å²) in [5.74, 6) is 0.897. The number of benzene rings is 1. The number of hydrogen-bond acceptors (Lipinski definition) is 3. The highest BCUT2D eigenvalue weighted by molar-refractivity contribution is 14.0. The molecule has 1 saturated carbocycles. The van der Waals surface area contributed by atoms with Crippen LogP contribution in [0.3, 0.4) is 0 Å². The van der Waals surface area contributed by atoms with Gasteiger partial charge in [0.1, 0.15) is 0 Å². The molecule has 0 spiro atoms. The van der Waals surface area contributed by atoms with E-state index in [0.717, 1.165) is 45.4 Å². The molecule has 0 radical (unpaired) electrons. The van der Waals surface area contributed by atoms with Gasteiger partial charge in [-0.15, -0.1) is 24.0 Å². The van der Waals surface area contributed by atoms with E-state index in [2.05, 4.69) is 64.7 Å². The van der Waals surface area contributed by atoms with Gasteiger partial charge in [-0.3, -0.25) is 9.89 Å². The van der Waals surface area contributed by atoms with Crippen molar-refractivity contribution in [1.82, 2.24) is 15.5 Å². The lowest BCUT2D eigenvalue weighted by Crippen LogP contribution is -2.57. The van der Waals surface area contributed by atoms with E-state index in [1.807, 2.05) is 7.05 Å². The summed E-state index contributed by atoms with van der Waals surface area (Å²) in [7, 11) is 1.85. The molecule has 1 aliphatic carbocycles. The number of halogens is 1. The summed E-state index contributed by atoms with van der Waals surface area (Å²) in [6.45, 7) is 10.0. The van der Waals surface area contributed by atoms with Gasteiger partial charge in [0, 0.05) is 44.2 Å². The fraction of sp³-hybridized carbons (Fsp3) is 0.667. The van der Waals surface area contributed by atoms with Gasteiger partial charge in [0.2, 0.25) is 0 Å². The third-order valence-electron chi connectivity index (χ3n) is 6.07. The first-order chi connectivity index (χ1) is 12.6. The highest BCUT2D eigenvalue weighted by Gasteiger charge is 2.38. The van der Waals surface area contributed by atoms with Crippen LogP contribution < -0.4 is 10.6 Å². The number of guanidine groups is 1. The SMILES string of the molecule is CN=C(NCC1(c2ccccc2)CCC1)NCC(C)(C)N1CCOCC1.I. The summed E-state index contributed by atoms with van der Waals surface area (Å²) in [6, 6.07) is 10.9. The molecule has 5 nitrogen and oxygen atoms in total. The highest BCUT2D eigenvalue weighted by Crippen LogP contribution is 2.43. The van der Waals surface area contributed by atoms with Crippen molar-refractivity contribution in [3.63, 3.8) is 0 Å². The van der Waals surface area contributed by atoms with Crippen molar-refractivity contribution < 1.29 is 4.74 Å². The molecular weight excluding hydrogens is 451 g/mol. The lowest BCUT2D eigenvalue weighted by molar-refractivity contribution is -0.00834. The molecule has 1 heterocycles. The predicted molar refractivity (Wildman–Crippen MR) is 123 cm³/mol. The molecule has 0 aromatic heterocycles. The zero-order chi connectivity index (χ0) is 18.5. The zero-order valence-corrected chi connectivity index (χ0v) is 19.3. The molecule has 1 aliphatic heterocycles. The van der Waals surface area contributed by atoms with Crippen molar-refractivity contribution >= 4 is 29.9 Å². The Balaban J connectivity index is 0.00000261. The summed E-state index contributed by atoms with van der Waals surface area (Å²) in [6.07, 6.45) is 3.81. The van der Waals surface area contributed by atoms with Crippen LogP contribution in [0.5, 0.6) is 0 Å². The summed E-state index contributed by atoms with van der Waals surface area (Å²) in [5, 5.41) is 7.12. The van der Waals surface area contributed by atoms with Gasteiger partial charge in [-0.25, -0.2) is 0 Å². The Morgan fingerprint density at radius 3 is 2.37 bits per heavy atom. The van der Waals surface area contributed by atoms with Gasteiger partial charge in [0.25, 0.3) is 0 Å².